The van der Waals surface area contributed by atoms with Gasteiger partial charge in [-0.3, -0.25) is 0 Å². The number of hydrogen-bond acceptors (Lipinski definition) is 3. The molecular formula is C14H20F2N2O3. The van der Waals surface area contributed by atoms with Crippen LogP contribution in [-0.4, -0.2) is 44.3 Å². The summed E-state index contributed by atoms with van der Waals surface area (Å²) in [6, 6.07) is 5.85. The number of amides is 2. The van der Waals surface area contributed by atoms with Crippen LogP contribution in [0.1, 0.15) is 12.5 Å². The van der Waals surface area contributed by atoms with E-state index in [1.807, 2.05) is 6.92 Å². The van der Waals surface area contributed by atoms with Crippen LogP contribution in [0.3, 0.4) is 0 Å². The first kappa shape index (κ1) is 17.2. The van der Waals surface area contributed by atoms with Crippen LogP contribution in [0.5, 0.6) is 5.75 Å². The fourth-order valence-electron chi connectivity index (χ4n) is 1.73. The van der Waals surface area contributed by atoms with E-state index in [0.717, 1.165) is 5.56 Å². The zero-order valence-corrected chi connectivity index (χ0v) is 12.3. The van der Waals surface area contributed by atoms with Crippen molar-refractivity contribution >= 4 is 6.03 Å². The van der Waals surface area contributed by atoms with Crippen molar-refractivity contribution in [2.24, 2.45) is 0 Å². The minimum atomic E-state index is -2.84. The highest BCUT2D eigenvalue weighted by Gasteiger charge is 2.12. The number of nitrogens with zero attached hydrogens (tertiary/aromatic N) is 1. The predicted molar refractivity (Wildman–Crippen MR) is 74.4 cm³/mol. The molecule has 0 aliphatic carbocycles. The highest BCUT2D eigenvalue weighted by molar-refractivity contribution is 5.74. The molecule has 0 saturated heterocycles. The predicted octanol–water partition coefficient (Wildman–Crippen LogP) is 2.46. The van der Waals surface area contributed by atoms with Crippen LogP contribution >= 0.6 is 0 Å². The van der Waals surface area contributed by atoms with Gasteiger partial charge >= 0.3 is 12.6 Å². The maximum atomic E-state index is 12.0. The first-order valence-electron chi connectivity index (χ1n) is 6.46. The number of methoxy groups -OCH3 is 1. The molecule has 1 N–H and O–H groups in total. The fraction of sp³-hybridized carbons (Fsp3) is 0.500. The van der Waals surface area contributed by atoms with Crippen LogP contribution < -0.4 is 10.1 Å². The summed E-state index contributed by atoms with van der Waals surface area (Å²) in [6.45, 7) is -0.211. The van der Waals surface area contributed by atoms with E-state index in [4.69, 9.17) is 4.74 Å². The molecule has 0 fully saturated rings. The lowest BCUT2D eigenvalue weighted by molar-refractivity contribution is -0.0498. The number of urea groups is 1. The molecule has 0 aromatic heterocycles. The van der Waals surface area contributed by atoms with Gasteiger partial charge in [0.1, 0.15) is 5.75 Å². The van der Waals surface area contributed by atoms with Gasteiger partial charge in [-0.15, -0.1) is 0 Å². The van der Waals surface area contributed by atoms with Gasteiger partial charge < -0.3 is 19.7 Å². The summed E-state index contributed by atoms with van der Waals surface area (Å²) in [5.74, 6) is 0.0922. The molecule has 0 radical (unpaired) electrons. The third-order valence-electron chi connectivity index (χ3n) is 2.70. The molecule has 0 heterocycles. The van der Waals surface area contributed by atoms with Crippen LogP contribution in [0.25, 0.3) is 0 Å². The second kappa shape index (κ2) is 8.41. The molecule has 1 aromatic rings. The van der Waals surface area contributed by atoms with E-state index < -0.39 is 6.61 Å². The highest BCUT2D eigenvalue weighted by Crippen LogP contribution is 2.15. The largest absolute Gasteiger partial charge is 0.435 e. The Bertz CT molecular complexity index is 440. The lowest BCUT2D eigenvalue weighted by atomic mass is 10.2. The third-order valence-corrected chi connectivity index (χ3v) is 2.70. The van der Waals surface area contributed by atoms with Crippen molar-refractivity contribution in [2.75, 3.05) is 20.8 Å². The molecule has 1 atom stereocenters. The highest BCUT2D eigenvalue weighted by atomic mass is 19.3. The number of rotatable bonds is 7. The Morgan fingerprint density at radius 2 is 1.95 bits per heavy atom. The van der Waals surface area contributed by atoms with Gasteiger partial charge in [0.05, 0.1) is 12.6 Å². The Balaban J connectivity index is 2.50. The van der Waals surface area contributed by atoms with E-state index >= 15 is 0 Å². The van der Waals surface area contributed by atoms with E-state index in [1.54, 1.807) is 26.3 Å². The number of ether oxygens (including phenoxy) is 2. The summed E-state index contributed by atoms with van der Waals surface area (Å²) in [5.41, 5.74) is 0.814. The minimum absolute atomic E-state index is 0.0910. The summed E-state index contributed by atoms with van der Waals surface area (Å²) >= 11 is 0. The maximum Gasteiger partial charge on any atom is 0.387 e. The first-order chi connectivity index (χ1) is 9.92. The Morgan fingerprint density at radius 3 is 2.48 bits per heavy atom. The smallest absolute Gasteiger partial charge is 0.387 e. The number of alkyl halides is 2. The summed E-state index contributed by atoms with van der Waals surface area (Å²) < 4.78 is 33.3. The summed E-state index contributed by atoms with van der Waals surface area (Å²) in [4.78, 5) is 13.4. The van der Waals surface area contributed by atoms with Crippen LogP contribution in [0.4, 0.5) is 13.6 Å². The second-order valence-electron chi connectivity index (χ2n) is 4.68. The summed E-state index contributed by atoms with van der Waals surface area (Å²) in [5, 5.41) is 2.78. The molecule has 0 aliphatic heterocycles. The van der Waals surface area contributed by atoms with Crippen molar-refractivity contribution in [1.82, 2.24) is 10.2 Å². The van der Waals surface area contributed by atoms with Crippen molar-refractivity contribution in [1.29, 1.82) is 0 Å². The molecule has 0 saturated carbocycles. The molecule has 0 bridgehead atoms. The zero-order valence-electron chi connectivity index (χ0n) is 12.3. The molecule has 1 unspecified atom stereocenters. The van der Waals surface area contributed by atoms with E-state index in [2.05, 4.69) is 10.1 Å². The number of benzene rings is 1. The first-order valence-corrected chi connectivity index (χ1v) is 6.46. The average molecular weight is 302 g/mol. The molecule has 5 nitrogen and oxygen atoms in total. The minimum Gasteiger partial charge on any atom is -0.435 e. The average Bonchev–Trinajstić information content (AvgIpc) is 2.40. The van der Waals surface area contributed by atoms with E-state index in [9.17, 15) is 13.6 Å². The topological polar surface area (TPSA) is 50.8 Å². The van der Waals surface area contributed by atoms with Crippen LogP contribution in [0.15, 0.2) is 24.3 Å². The van der Waals surface area contributed by atoms with Gasteiger partial charge in [-0.2, -0.15) is 8.78 Å². The maximum absolute atomic E-state index is 12.0. The van der Waals surface area contributed by atoms with Crippen molar-refractivity contribution in [2.45, 2.75) is 26.1 Å². The molecule has 0 aliphatic rings. The Labute approximate surface area is 122 Å². The van der Waals surface area contributed by atoms with Crippen LogP contribution in [0.2, 0.25) is 0 Å². The van der Waals surface area contributed by atoms with Crippen molar-refractivity contribution in [3.8, 4) is 5.75 Å². The monoisotopic (exact) mass is 302 g/mol. The Hall–Kier alpha value is -1.89. The van der Waals surface area contributed by atoms with Gasteiger partial charge in [-0.1, -0.05) is 12.1 Å². The van der Waals surface area contributed by atoms with Crippen molar-refractivity contribution < 1.29 is 23.0 Å². The van der Waals surface area contributed by atoms with Gasteiger partial charge in [0.2, 0.25) is 0 Å². The van der Waals surface area contributed by atoms with E-state index in [-0.39, 0.29) is 17.8 Å². The number of carbonyl (C=O) groups excluding carboxylic acids is 1. The van der Waals surface area contributed by atoms with Crippen molar-refractivity contribution in [3.63, 3.8) is 0 Å². The zero-order chi connectivity index (χ0) is 15.8. The van der Waals surface area contributed by atoms with Crippen LogP contribution in [-0.2, 0) is 11.3 Å². The molecule has 21 heavy (non-hydrogen) atoms. The SMILES string of the molecule is COCC(C)NC(=O)N(C)Cc1ccc(OC(F)F)cc1. The normalized spacial score (nSPS) is 12.1. The quantitative estimate of drug-likeness (QED) is 0.842. The molecule has 1 aromatic carbocycles. The molecule has 2 amide bonds. The standard InChI is InChI=1S/C14H20F2N2O3/c1-10(9-20-3)17-14(19)18(2)8-11-4-6-12(7-5-11)21-13(15)16/h4-7,10,13H,8-9H2,1-3H3,(H,17,19). The van der Waals surface area contributed by atoms with E-state index in [0.29, 0.717) is 13.2 Å². The second-order valence-corrected chi connectivity index (χ2v) is 4.68. The van der Waals surface area contributed by atoms with Crippen LogP contribution in [0, 0.1) is 0 Å². The molecule has 1 rings (SSSR count). The number of halogens is 2. The summed E-state index contributed by atoms with van der Waals surface area (Å²) in [7, 11) is 3.22. The van der Waals surface area contributed by atoms with Gasteiger partial charge in [-0.25, -0.2) is 4.79 Å². The molecular weight excluding hydrogens is 282 g/mol. The number of hydrogen-bond donors (Lipinski definition) is 1. The number of nitrogens with one attached hydrogen (secondary N) is 1. The summed E-state index contributed by atoms with van der Waals surface area (Å²) in [6.07, 6.45) is 0. The number of carbonyl (C=O) groups is 1. The van der Waals surface area contributed by atoms with Gasteiger partial charge in [0, 0.05) is 20.7 Å². The van der Waals surface area contributed by atoms with Gasteiger partial charge in [0.25, 0.3) is 0 Å². The Kier molecular flexibility index (Phi) is 6.87. The third kappa shape index (κ3) is 6.40. The van der Waals surface area contributed by atoms with Gasteiger partial charge in [0.15, 0.2) is 0 Å². The van der Waals surface area contributed by atoms with Crippen molar-refractivity contribution in [3.05, 3.63) is 29.8 Å². The lowest BCUT2D eigenvalue weighted by Crippen LogP contribution is -2.43. The molecule has 0 spiro atoms. The fourth-order valence-corrected chi connectivity index (χ4v) is 1.73. The molecule has 118 valence electrons. The lowest BCUT2D eigenvalue weighted by Gasteiger charge is -2.21. The van der Waals surface area contributed by atoms with E-state index in [1.165, 1.54) is 17.0 Å². The Morgan fingerprint density at radius 1 is 1.33 bits per heavy atom. The van der Waals surface area contributed by atoms with Gasteiger partial charge in [-0.05, 0) is 24.6 Å². The molecule has 7 heteroatoms.